The maximum Gasteiger partial charge on any atom is 0.262 e. The Balaban J connectivity index is 2.28. The first-order valence-electron chi connectivity index (χ1n) is 5.40. The minimum atomic E-state index is -0.217. The molecular weight excluding hydrogens is 293 g/mol. The van der Waals surface area contributed by atoms with Gasteiger partial charge in [-0.3, -0.25) is 4.79 Å². The fraction of sp³-hybridized carbons (Fsp3) is 0.250. The van der Waals surface area contributed by atoms with E-state index in [9.17, 15) is 4.79 Å². The molecule has 1 amide bonds. The third-order valence-electron chi connectivity index (χ3n) is 2.42. The number of nitrogens with one attached hydrogen (secondary N) is 1. The van der Waals surface area contributed by atoms with Gasteiger partial charge >= 0.3 is 0 Å². The van der Waals surface area contributed by atoms with E-state index in [1.807, 2.05) is 0 Å². The highest BCUT2D eigenvalue weighted by Crippen LogP contribution is 2.36. The van der Waals surface area contributed by atoms with Gasteiger partial charge in [0.15, 0.2) is 0 Å². The van der Waals surface area contributed by atoms with Crippen LogP contribution in [0.1, 0.15) is 16.1 Å². The minimum Gasteiger partial charge on any atom is -0.396 e. The summed E-state index contributed by atoms with van der Waals surface area (Å²) < 4.78 is 0.889. The highest BCUT2D eigenvalue weighted by Gasteiger charge is 2.16. The van der Waals surface area contributed by atoms with Gasteiger partial charge in [0.25, 0.3) is 5.91 Å². The average molecular weight is 304 g/mol. The lowest BCUT2D eigenvalue weighted by Gasteiger charge is -2.01. The Bertz CT molecular complexity index is 583. The molecule has 1 aromatic heterocycles. The van der Waals surface area contributed by atoms with E-state index in [2.05, 4.69) is 5.32 Å². The number of carbonyl (C=O) groups excluding carboxylic acids is 1. The molecule has 2 N–H and O–H groups in total. The third kappa shape index (κ3) is 2.78. The number of carbonyl (C=O) groups is 1. The predicted molar refractivity (Wildman–Crippen MR) is 75.9 cm³/mol. The molecule has 0 aliphatic carbocycles. The number of halogens is 2. The van der Waals surface area contributed by atoms with E-state index < -0.39 is 0 Å². The molecule has 0 atom stereocenters. The molecule has 3 nitrogen and oxygen atoms in total. The summed E-state index contributed by atoms with van der Waals surface area (Å²) in [5.74, 6) is -0.217. The van der Waals surface area contributed by atoms with Crippen molar-refractivity contribution in [1.82, 2.24) is 5.32 Å². The first kappa shape index (κ1) is 13.6. The number of fused-ring (bicyclic) bond motifs is 1. The van der Waals surface area contributed by atoms with Crippen molar-refractivity contribution in [3.8, 4) is 0 Å². The number of aliphatic hydroxyl groups is 1. The molecule has 0 aliphatic rings. The zero-order valence-corrected chi connectivity index (χ0v) is 11.7. The van der Waals surface area contributed by atoms with Crippen LogP contribution in [0.15, 0.2) is 18.2 Å². The third-order valence-corrected chi connectivity index (χ3v) is 4.31. The monoisotopic (exact) mass is 303 g/mol. The van der Waals surface area contributed by atoms with Crippen LogP contribution in [0.5, 0.6) is 0 Å². The van der Waals surface area contributed by atoms with Crippen LogP contribution in [-0.4, -0.2) is 24.2 Å². The van der Waals surface area contributed by atoms with Gasteiger partial charge in [0.1, 0.15) is 4.88 Å². The van der Waals surface area contributed by atoms with Crippen LogP contribution in [0.25, 0.3) is 10.1 Å². The molecule has 6 heteroatoms. The molecule has 0 bridgehead atoms. The standard InChI is InChI=1S/C12H11Cl2NO2S/c13-7-2-3-8-9(6-7)18-11(10(8)14)12(17)15-4-1-5-16/h2-3,6,16H,1,4-5H2,(H,15,17). The second-order valence-corrected chi connectivity index (χ2v) is 5.59. The number of rotatable bonds is 4. The summed E-state index contributed by atoms with van der Waals surface area (Å²) in [7, 11) is 0. The number of benzene rings is 1. The quantitative estimate of drug-likeness (QED) is 0.851. The number of hydrogen-bond acceptors (Lipinski definition) is 3. The van der Waals surface area contributed by atoms with E-state index in [1.165, 1.54) is 11.3 Å². The molecule has 0 aliphatic heterocycles. The summed E-state index contributed by atoms with van der Waals surface area (Å²) in [5.41, 5.74) is 0. The van der Waals surface area contributed by atoms with Crippen LogP contribution in [0.3, 0.4) is 0 Å². The first-order chi connectivity index (χ1) is 8.63. The Morgan fingerprint density at radius 3 is 2.89 bits per heavy atom. The van der Waals surface area contributed by atoms with Crippen LogP contribution in [0, 0.1) is 0 Å². The minimum absolute atomic E-state index is 0.0516. The predicted octanol–water partition coefficient (Wildman–Crippen LogP) is 3.32. The molecule has 1 aromatic carbocycles. The molecule has 2 aromatic rings. The van der Waals surface area contributed by atoms with Gasteiger partial charge in [-0.05, 0) is 18.6 Å². The zero-order valence-electron chi connectivity index (χ0n) is 9.37. The van der Waals surface area contributed by atoms with E-state index >= 15 is 0 Å². The van der Waals surface area contributed by atoms with Gasteiger partial charge in [0.05, 0.1) is 5.02 Å². The number of amides is 1. The summed E-state index contributed by atoms with van der Waals surface area (Å²) in [6.45, 7) is 0.483. The van der Waals surface area contributed by atoms with E-state index in [4.69, 9.17) is 28.3 Å². The Kier molecular flexibility index (Phi) is 4.45. The van der Waals surface area contributed by atoms with Gasteiger partial charge in [0, 0.05) is 28.3 Å². The lowest BCUT2D eigenvalue weighted by atomic mass is 10.2. The second kappa shape index (κ2) is 5.89. The average Bonchev–Trinajstić information content (AvgIpc) is 2.66. The van der Waals surface area contributed by atoms with Crippen molar-refractivity contribution in [2.45, 2.75) is 6.42 Å². The van der Waals surface area contributed by atoms with Crippen molar-refractivity contribution in [2.24, 2.45) is 0 Å². The molecule has 96 valence electrons. The van der Waals surface area contributed by atoms with Crippen LogP contribution in [0.2, 0.25) is 10.0 Å². The Labute approximate surface area is 118 Å². The maximum absolute atomic E-state index is 11.9. The van der Waals surface area contributed by atoms with Crippen molar-refractivity contribution in [1.29, 1.82) is 0 Å². The lowest BCUT2D eigenvalue weighted by Crippen LogP contribution is -2.24. The Morgan fingerprint density at radius 1 is 1.39 bits per heavy atom. The fourth-order valence-corrected chi connectivity index (χ4v) is 3.26. The Hall–Kier alpha value is -0.810. The number of thiophene rings is 1. The van der Waals surface area contributed by atoms with Crippen LogP contribution < -0.4 is 5.32 Å². The van der Waals surface area contributed by atoms with Crippen LogP contribution in [0.4, 0.5) is 0 Å². The van der Waals surface area contributed by atoms with Crippen LogP contribution in [-0.2, 0) is 0 Å². The summed E-state index contributed by atoms with van der Waals surface area (Å²) in [6.07, 6.45) is 0.528. The summed E-state index contributed by atoms with van der Waals surface area (Å²) >= 11 is 13.4. The fourth-order valence-electron chi connectivity index (χ4n) is 1.55. The van der Waals surface area contributed by atoms with Gasteiger partial charge in [-0.15, -0.1) is 11.3 Å². The van der Waals surface area contributed by atoms with E-state index in [0.29, 0.717) is 27.9 Å². The van der Waals surface area contributed by atoms with Gasteiger partial charge in [0.2, 0.25) is 0 Å². The van der Waals surface area contributed by atoms with Crippen molar-refractivity contribution in [3.63, 3.8) is 0 Å². The van der Waals surface area contributed by atoms with Crippen molar-refractivity contribution < 1.29 is 9.90 Å². The maximum atomic E-state index is 11.9. The smallest absolute Gasteiger partial charge is 0.262 e. The highest BCUT2D eigenvalue weighted by molar-refractivity contribution is 7.21. The molecule has 18 heavy (non-hydrogen) atoms. The summed E-state index contributed by atoms with van der Waals surface area (Å²) in [4.78, 5) is 12.4. The lowest BCUT2D eigenvalue weighted by molar-refractivity contribution is 0.0955. The largest absolute Gasteiger partial charge is 0.396 e. The normalized spacial score (nSPS) is 10.8. The van der Waals surface area contributed by atoms with E-state index in [1.54, 1.807) is 18.2 Å². The van der Waals surface area contributed by atoms with Gasteiger partial charge in [-0.1, -0.05) is 29.3 Å². The zero-order chi connectivity index (χ0) is 13.1. The van der Waals surface area contributed by atoms with Gasteiger partial charge < -0.3 is 10.4 Å². The number of aliphatic hydroxyl groups excluding tert-OH is 1. The van der Waals surface area contributed by atoms with Crippen molar-refractivity contribution in [2.75, 3.05) is 13.2 Å². The Morgan fingerprint density at radius 2 is 2.17 bits per heavy atom. The summed E-state index contributed by atoms with van der Waals surface area (Å²) in [6, 6.07) is 5.34. The van der Waals surface area contributed by atoms with E-state index in [0.717, 1.165) is 10.1 Å². The van der Waals surface area contributed by atoms with E-state index in [-0.39, 0.29) is 12.5 Å². The molecule has 0 unspecified atom stereocenters. The SMILES string of the molecule is O=C(NCCCO)c1sc2cc(Cl)ccc2c1Cl. The molecule has 0 spiro atoms. The topological polar surface area (TPSA) is 49.3 Å². The molecule has 0 fully saturated rings. The van der Waals surface area contributed by atoms with Crippen molar-refractivity contribution in [3.05, 3.63) is 33.1 Å². The molecule has 2 rings (SSSR count). The second-order valence-electron chi connectivity index (χ2n) is 3.72. The highest BCUT2D eigenvalue weighted by atomic mass is 35.5. The molecule has 0 radical (unpaired) electrons. The molecular formula is C12H11Cl2NO2S. The van der Waals surface area contributed by atoms with Crippen LogP contribution >= 0.6 is 34.5 Å². The molecule has 0 saturated heterocycles. The van der Waals surface area contributed by atoms with Crippen molar-refractivity contribution >= 4 is 50.5 Å². The molecule has 1 heterocycles. The first-order valence-corrected chi connectivity index (χ1v) is 6.97. The number of hydrogen-bond donors (Lipinski definition) is 2. The van der Waals surface area contributed by atoms with Gasteiger partial charge in [-0.25, -0.2) is 0 Å². The summed E-state index contributed by atoms with van der Waals surface area (Å²) in [5, 5.41) is 13.3. The van der Waals surface area contributed by atoms with Gasteiger partial charge in [-0.2, -0.15) is 0 Å². The molecule has 0 saturated carbocycles.